The van der Waals surface area contributed by atoms with Crippen LogP contribution in [0.25, 0.3) is 0 Å². The first-order valence-corrected chi connectivity index (χ1v) is 6.96. The molecule has 18 heavy (non-hydrogen) atoms. The maximum Gasteiger partial charge on any atom is 0.187 e. The highest BCUT2D eigenvalue weighted by molar-refractivity contribution is 7.98. The van der Waals surface area contributed by atoms with Crippen LogP contribution in [0.2, 0.25) is 0 Å². The highest BCUT2D eigenvalue weighted by Crippen LogP contribution is 2.18. The van der Waals surface area contributed by atoms with Crippen LogP contribution in [-0.4, -0.2) is 16.0 Å². The average Bonchev–Trinajstić information content (AvgIpc) is 2.38. The van der Waals surface area contributed by atoms with E-state index in [1.807, 2.05) is 37.5 Å². The van der Waals surface area contributed by atoms with Gasteiger partial charge < -0.3 is 5.73 Å². The number of thioether (sulfide) groups is 1. The standard InChI is InChI=1S/C14H17N3S/c1-11(15)7-13-8-16-14(17-9-13)18-10-12-5-3-2-4-6-12/h2-6,8-9,11H,7,10,15H2,1H3. The van der Waals surface area contributed by atoms with Crippen molar-refractivity contribution in [3.05, 3.63) is 53.9 Å². The minimum Gasteiger partial charge on any atom is -0.328 e. The molecule has 94 valence electrons. The van der Waals surface area contributed by atoms with Crippen LogP contribution in [0, 0.1) is 0 Å². The zero-order chi connectivity index (χ0) is 12.8. The van der Waals surface area contributed by atoms with Gasteiger partial charge in [-0.25, -0.2) is 9.97 Å². The van der Waals surface area contributed by atoms with E-state index in [-0.39, 0.29) is 6.04 Å². The molecule has 0 radical (unpaired) electrons. The predicted molar refractivity (Wildman–Crippen MR) is 75.4 cm³/mol. The van der Waals surface area contributed by atoms with Gasteiger partial charge in [-0.15, -0.1) is 0 Å². The monoisotopic (exact) mass is 259 g/mol. The summed E-state index contributed by atoms with van der Waals surface area (Å²) in [5.41, 5.74) is 8.11. The highest BCUT2D eigenvalue weighted by Gasteiger charge is 2.01. The topological polar surface area (TPSA) is 51.8 Å². The van der Waals surface area contributed by atoms with Crippen LogP contribution in [0.15, 0.2) is 47.9 Å². The minimum absolute atomic E-state index is 0.149. The van der Waals surface area contributed by atoms with E-state index < -0.39 is 0 Å². The third-order valence-corrected chi connectivity index (χ3v) is 3.40. The normalized spacial score (nSPS) is 12.3. The SMILES string of the molecule is CC(N)Cc1cnc(SCc2ccccc2)nc1. The summed E-state index contributed by atoms with van der Waals surface area (Å²) in [6.45, 7) is 1.98. The molecule has 2 aromatic rings. The van der Waals surface area contributed by atoms with Crippen LogP contribution in [0.3, 0.4) is 0 Å². The molecule has 1 unspecified atom stereocenters. The van der Waals surface area contributed by atoms with Gasteiger partial charge in [0.1, 0.15) is 0 Å². The number of aromatic nitrogens is 2. The molecule has 1 heterocycles. The molecule has 0 spiro atoms. The van der Waals surface area contributed by atoms with Crippen molar-refractivity contribution in [1.82, 2.24) is 9.97 Å². The van der Waals surface area contributed by atoms with Crippen LogP contribution in [0.5, 0.6) is 0 Å². The number of nitrogens with zero attached hydrogens (tertiary/aromatic N) is 2. The van der Waals surface area contributed by atoms with Gasteiger partial charge in [0.25, 0.3) is 0 Å². The van der Waals surface area contributed by atoms with E-state index >= 15 is 0 Å². The van der Waals surface area contributed by atoms with Gasteiger partial charge >= 0.3 is 0 Å². The first kappa shape index (κ1) is 13.1. The molecule has 0 saturated carbocycles. The van der Waals surface area contributed by atoms with Gasteiger partial charge in [-0.2, -0.15) is 0 Å². The fraction of sp³-hybridized carbons (Fsp3) is 0.286. The third-order valence-electron chi connectivity index (χ3n) is 2.45. The van der Waals surface area contributed by atoms with E-state index in [0.717, 1.165) is 22.9 Å². The molecular formula is C14H17N3S. The molecule has 2 rings (SSSR count). The predicted octanol–water partition coefficient (Wildman–Crippen LogP) is 2.66. The van der Waals surface area contributed by atoms with Crippen LogP contribution in [-0.2, 0) is 12.2 Å². The van der Waals surface area contributed by atoms with Crippen molar-refractivity contribution in [1.29, 1.82) is 0 Å². The molecule has 1 aromatic heterocycles. The highest BCUT2D eigenvalue weighted by atomic mass is 32.2. The molecule has 2 N–H and O–H groups in total. The molecule has 0 saturated heterocycles. The lowest BCUT2D eigenvalue weighted by atomic mass is 10.1. The lowest BCUT2D eigenvalue weighted by Gasteiger charge is -2.05. The zero-order valence-electron chi connectivity index (χ0n) is 10.4. The number of benzene rings is 1. The van der Waals surface area contributed by atoms with Gasteiger partial charge in [-0.1, -0.05) is 42.1 Å². The van der Waals surface area contributed by atoms with Crippen molar-refractivity contribution < 1.29 is 0 Å². The van der Waals surface area contributed by atoms with E-state index in [4.69, 9.17) is 5.73 Å². The summed E-state index contributed by atoms with van der Waals surface area (Å²) in [6, 6.07) is 10.5. The van der Waals surface area contributed by atoms with Crippen LogP contribution < -0.4 is 5.73 Å². The summed E-state index contributed by atoms with van der Waals surface area (Å²) in [4.78, 5) is 8.69. The molecule has 0 amide bonds. The fourth-order valence-corrected chi connectivity index (χ4v) is 2.36. The van der Waals surface area contributed by atoms with Crippen molar-refractivity contribution in [3.8, 4) is 0 Å². The second-order valence-corrected chi connectivity index (χ2v) is 5.27. The Morgan fingerprint density at radius 2 is 1.78 bits per heavy atom. The Morgan fingerprint density at radius 3 is 2.39 bits per heavy atom. The van der Waals surface area contributed by atoms with E-state index in [9.17, 15) is 0 Å². The number of hydrogen-bond donors (Lipinski definition) is 1. The second kappa shape index (κ2) is 6.52. The first-order valence-electron chi connectivity index (χ1n) is 5.97. The van der Waals surface area contributed by atoms with E-state index in [0.29, 0.717) is 0 Å². The molecule has 0 aliphatic carbocycles. The van der Waals surface area contributed by atoms with Crippen LogP contribution in [0.4, 0.5) is 0 Å². The molecule has 1 atom stereocenters. The van der Waals surface area contributed by atoms with E-state index in [1.165, 1.54) is 5.56 Å². The Balaban J connectivity index is 1.90. The second-order valence-electron chi connectivity index (χ2n) is 4.33. The molecule has 3 nitrogen and oxygen atoms in total. The zero-order valence-corrected chi connectivity index (χ0v) is 11.2. The third kappa shape index (κ3) is 4.13. The Bertz CT molecular complexity index is 468. The van der Waals surface area contributed by atoms with Crippen molar-refractivity contribution in [3.63, 3.8) is 0 Å². The lowest BCUT2D eigenvalue weighted by Crippen LogP contribution is -2.17. The summed E-state index contributed by atoms with van der Waals surface area (Å²) in [7, 11) is 0. The summed E-state index contributed by atoms with van der Waals surface area (Å²) >= 11 is 1.65. The van der Waals surface area contributed by atoms with Gasteiger partial charge in [0.05, 0.1) is 0 Å². The summed E-state index contributed by atoms with van der Waals surface area (Å²) in [5, 5.41) is 0.812. The van der Waals surface area contributed by atoms with Gasteiger partial charge in [0.2, 0.25) is 0 Å². The van der Waals surface area contributed by atoms with Gasteiger partial charge in [0.15, 0.2) is 5.16 Å². The van der Waals surface area contributed by atoms with Crippen molar-refractivity contribution >= 4 is 11.8 Å². The molecule has 4 heteroatoms. The molecule has 0 fully saturated rings. The smallest absolute Gasteiger partial charge is 0.187 e. The van der Waals surface area contributed by atoms with Crippen molar-refractivity contribution in [2.75, 3.05) is 0 Å². The fourth-order valence-electron chi connectivity index (χ4n) is 1.62. The largest absolute Gasteiger partial charge is 0.328 e. The molecular weight excluding hydrogens is 242 g/mol. The Morgan fingerprint density at radius 1 is 1.11 bits per heavy atom. The number of hydrogen-bond acceptors (Lipinski definition) is 4. The Kier molecular flexibility index (Phi) is 4.73. The van der Waals surface area contributed by atoms with Gasteiger partial charge in [-0.05, 0) is 24.5 Å². The number of nitrogens with two attached hydrogens (primary N) is 1. The summed E-state index contributed by atoms with van der Waals surface area (Å²) < 4.78 is 0. The molecule has 1 aromatic carbocycles. The summed E-state index contributed by atoms with van der Waals surface area (Å²) in [5.74, 6) is 0.896. The lowest BCUT2D eigenvalue weighted by molar-refractivity contribution is 0.727. The Hall–Kier alpha value is -1.39. The first-order chi connectivity index (χ1) is 8.74. The number of rotatable bonds is 5. The van der Waals surface area contributed by atoms with Crippen molar-refractivity contribution in [2.24, 2.45) is 5.73 Å². The Labute approximate surface area is 112 Å². The maximum atomic E-state index is 5.74. The molecule has 0 bridgehead atoms. The minimum atomic E-state index is 0.149. The van der Waals surface area contributed by atoms with E-state index in [2.05, 4.69) is 22.1 Å². The molecule has 0 aliphatic heterocycles. The summed E-state index contributed by atoms with van der Waals surface area (Å²) in [6.07, 6.45) is 4.55. The molecule has 0 aliphatic rings. The average molecular weight is 259 g/mol. The van der Waals surface area contributed by atoms with Crippen molar-refractivity contribution in [2.45, 2.75) is 30.3 Å². The van der Waals surface area contributed by atoms with Gasteiger partial charge in [0, 0.05) is 24.2 Å². The van der Waals surface area contributed by atoms with E-state index in [1.54, 1.807) is 11.8 Å². The van der Waals surface area contributed by atoms with Crippen LogP contribution >= 0.6 is 11.8 Å². The van der Waals surface area contributed by atoms with Crippen LogP contribution in [0.1, 0.15) is 18.1 Å². The quantitative estimate of drug-likeness (QED) is 0.662. The van der Waals surface area contributed by atoms with Gasteiger partial charge in [-0.3, -0.25) is 0 Å². The maximum absolute atomic E-state index is 5.74.